The lowest BCUT2D eigenvalue weighted by Gasteiger charge is -2.41. The molecule has 0 amide bonds. The van der Waals surface area contributed by atoms with Gasteiger partial charge in [0.05, 0.1) is 11.3 Å². The number of hydrogen-bond acceptors (Lipinski definition) is 5. The van der Waals surface area contributed by atoms with Crippen LogP contribution in [0, 0.1) is 26.2 Å². The summed E-state index contributed by atoms with van der Waals surface area (Å²) in [5, 5.41) is 10.4. The second kappa shape index (κ2) is 11.6. The molecule has 0 saturated carbocycles. The highest BCUT2D eigenvalue weighted by Crippen LogP contribution is 2.45. The molecule has 0 aliphatic carbocycles. The Morgan fingerprint density at radius 1 is 1.02 bits per heavy atom. The van der Waals surface area contributed by atoms with Gasteiger partial charge in [-0.25, -0.2) is 4.79 Å². The lowest BCUT2D eigenvalue weighted by atomic mass is 9.81. The van der Waals surface area contributed by atoms with Gasteiger partial charge in [0.1, 0.15) is 12.4 Å². The average molecular weight is 545 g/mol. The third kappa shape index (κ3) is 6.84. The molecule has 3 aromatic rings. The molecule has 1 N–H and O–H groups in total. The number of ether oxygens (including phenoxy) is 2. The van der Waals surface area contributed by atoms with E-state index in [2.05, 4.69) is 49.1 Å². The van der Waals surface area contributed by atoms with Crippen molar-refractivity contribution in [2.24, 2.45) is 5.41 Å². The molecule has 6 heteroatoms. The smallest absolute Gasteiger partial charge is 0.337 e. The molecule has 4 rings (SSSR count). The molecule has 6 nitrogen and oxygen atoms in total. The minimum Gasteiger partial charge on any atom is -0.489 e. The van der Waals surface area contributed by atoms with E-state index in [0.717, 1.165) is 65.3 Å². The van der Waals surface area contributed by atoms with Crippen LogP contribution in [0.5, 0.6) is 5.75 Å². The van der Waals surface area contributed by atoms with Crippen LogP contribution in [0.15, 0.2) is 48.5 Å². The Balaban J connectivity index is 1.88. The van der Waals surface area contributed by atoms with Crippen molar-refractivity contribution in [2.75, 3.05) is 18.0 Å². The summed E-state index contributed by atoms with van der Waals surface area (Å²) < 4.78 is 12.5. The lowest BCUT2D eigenvalue weighted by molar-refractivity contribution is -0.160. The molecule has 1 atom stereocenters. The van der Waals surface area contributed by atoms with Gasteiger partial charge in [-0.1, -0.05) is 56.3 Å². The fourth-order valence-electron chi connectivity index (χ4n) is 5.40. The fourth-order valence-corrected chi connectivity index (χ4v) is 5.40. The number of aliphatic carboxylic acids is 1. The van der Waals surface area contributed by atoms with Gasteiger partial charge in [0.15, 0.2) is 6.10 Å². The van der Waals surface area contributed by atoms with Crippen LogP contribution in [0.2, 0.25) is 0 Å². The van der Waals surface area contributed by atoms with E-state index in [0.29, 0.717) is 17.9 Å². The first-order valence-electron chi connectivity index (χ1n) is 14.2. The molecule has 214 valence electrons. The maximum atomic E-state index is 12.7. The van der Waals surface area contributed by atoms with Crippen molar-refractivity contribution >= 4 is 11.7 Å². The van der Waals surface area contributed by atoms with E-state index < -0.39 is 17.7 Å². The highest BCUT2D eigenvalue weighted by molar-refractivity contribution is 5.88. The van der Waals surface area contributed by atoms with Crippen LogP contribution < -0.4 is 9.64 Å². The predicted molar refractivity (Wildman–Crippen MR) is 161 cm³/mol. The molecular formula is C34H44N2O4. The van der Waals surface area contributed by atoms with Crippen LogP contribution in [-0.2, 0) is 16.1 Å². The van der Waals surface area contributed by atoms with Crippen molar-refractivity contribution in [3.63, 3.8) is 0 Å². The molecule has 0 bridgehead atoms. The van der Waals surface area contributed by atoms with Crippen molar-refractivity contribution in [2.45, 2.75) is 86.5 Å². The van der Waals surface area contributed by atoms with E-state index in [-0.39, 0.29) is 5.41 Å². The Bertz CT molecular complexity index is 1350. The van der Waals surface area contributed by atoms with Gasteiger partial charge < -0.3 is 19.5 Å². The van der Waals surface area contributed by atoms with E-state index in [1.807, 2.05) is 59.7 Å². The van der Waals surface area contributed by atoms with Crippen molar-refractivity contribution in [3.8, 4) is 16.9 Å². The Hall–Kier alpha value is -3.38. The van der Waals surface area contributed by atoms with E-state index >= 15 is 0 Å². The number of nitrogens with zero attached hydrogens (tertiary/aromatic N) is 2. The Morgan fingerprint density at radius 2 is 1.68 bits per heavy atom. The number of pyridine rings is 1. The molecule has 2 heterocycles. The van der Waals surface area contributed by atoms with Gasteiger partial charge in [-0.3, -0.25) is 4.98 Å². The van der Waals surface area contributed by atoms with Crippen molar-refractivity contribution in [1.82, 2.24) is 4.98 Å². The number of aromatic nitrogens is 1. The SMILES string of the molecule is Cc1ccc(-c2c(C)nc(C)c(C(OC(C)(C)C)C(=O)O)c2N2CCC(C)(C)CC2)cc1OCc1ccccc1. The molecule has 1 saturated heterocycles. The van der Waals surface area contributed by atoms with Gasteiger partial charge >= 0.3 is 5.97 Å². The van der Waals surface area contributed by atoms with E-state index in [4.69, 9.17) is 14.5 Å². The van der Waals surface area contributed by atoms with E-state index in [9.17, 15) is 9.90 Å². The number of benzene rings is 2. The third-order valence-corrected chi connectivity index (χ3v) is 7.68. The number of hydrogen-bond donors (Lipinski definition) is 1. The normalized spacial score (nSPS) is 16.1. The number of carbonyl (C=O) groups is 1. The zero-order valence-electron chi connectivity index (χ0n) is 25.3. The van der Waals surface area contributed by atoms with Crippen molar-refractivity contribution < 1.29 is 19.4 Å². The predicted octanol–water partition coefficient (Wildman–Crippen LogP) is 7.82. The Morgan fingerprint density at radius 3 is 2.27 bits per heavy atom. The number of carboxylic acid groups (broad SMARTS) is 1. The quantitative estimate of drug-likeness (QED) is 0.312. The standard InChI is InChI=1S/C34H44N2O4/c1-22-14-15-26(20-27(22)39-21-25-12-10-9-11-13-25)28-23(2)35-24(3)29(31(32(37)38)40-33(4,5)6)30(28)36-18-16-34(7,8)17-19-36/h9-15,20,31H,16-19,21H2,1-8H3,(H,37,38). The van der Waals surface area contributed by atoms with Crippen molar-refractivity contribution in [3.05, 3.63) is 76.6 Å². The molecule has 1 aliphatic rings. The van der Waals surface area contributed by atoms with E-state index in [1.54, 1.807) is 0 Å². The average Bonchev–Trinajstić information content (AvgIpc) is 2.87. The zero-order chi connectivity index (χ0) is 29.2. The van der Waals surface area contributed by atoms with Gasteiger partial charge in [0, 0.05) is 35.6 Å². The second-order valence-electron chi connectivity index (χ2n) is 12.8. The minimum atomic E-state index is -1.14. The van der Waals surface area contributed by atoms with Gasteiger partial charge in [-0.15, -0.1) is 0 Å². The van der Waals surface area contributed by atoms with Gasteiger partial charge in [-0.05, 0) is 82.6 Å². The van der Waals surface area contributed by atoms with Gasteiger partial charge in [-0.2, -0.15) is 0 Å². The Labute approximate surface area is 239 Å². The third-order valence-electron chi connectivity index (χ3n) is 7.68. The number of aryl methyl sites for hydroxylation is 3. The summed E-state index contributed by atoms with van der Waals surface area (Å²) in [6, 6.07) is 16.3. The molecule has 1 aromatic heterocycles. The monoisotopic (exact) mass is 544 g/mol. The first kappa shape index (κ1) is 29.6. The highest BCUT2D eigenvalue weighted by atomic mass is 16.5. The van der Waals surface area contributed by atoms with Crippen LogP contribution in [0.4, 0.5) is 5.69 Å². The minimum absolute atomic E-state index is 0.240. The molecule has 1 aliphatic heterocycles. The summed E-state index contributed by atoms with van der Waals surface area (Å²) in [7, 11) is 0. The molecule has 1 fully saturated rings. The largest absolute Gasteiger partial charge is 0.489 e. The summed E-state index contributed by atoms with van der Waals surface area (Å²) in [4.78, 5) is 20.0. The number of carboxylic acids is 1. The topological polar surface area (TPSA) is 71.9 Å². The summed E-state index contributed by atoms with van der Waals surface area (Å²) >= 11 is 0. The molecule has 2 aromatic carbocycles. The fraction of sp³-hybridized carbons (Fsp3) is 0.471. The molecule has 1 unspecified atom stereocenters. The molecule has 0 radical (unpaired) electrons. The van der Waals surface area contributed by atoms with Gasteiger partial charge in [0.25, 0.3) is 0 Å². The van der Waals surface area contributed by atoms with Crippen LogP contribution in [0.25, 0.3) is 11.1 Å². The van der Waals surface area contributed by atoms with Gasteiger partial charge in [0.2, 0.25) is 0 Å². The second-order valence-corrected chi connectivity index (χ2v) is 12.8. The lowest BCUT2D eigenvalue weighted by Crippen LogP contribution is -2.39. The summed E-state index contributed by atoms with van der Waals surface area (Å²) in [5.74, 6) is -0.210. The molecule has 40 heavy (non-hydrogen) atoms. The first-order valence-corrected chi connectivity index (χ1v) is 14.2. The molecule has 0 spiro atoms. The number of piperidine rings is 1. The van der Waals surface area contributed by atoms with Crippen LogP contribution in [0.3, 0.4) is 0 Å². The summed E-state index contributed by atoms with van der Waals surface area (Å²) in [5.41, 5.74) is 6.72. The summed E-state index contributed by atoms with van der Waals surface area (Å²) in [6.45, 7) is 18.4. The Kier molecular flexibility index (Phi) is 8.60. The molecular weight excluding hydrogens is 500 g/mol. The zero-order valence-corrected chi connectivity index (χ0v) is 25.3. The van der Waals surface area contributed by atoms with Crippen LogP contribution in [-0.4, -0.2) is 34.8 Å². The number of anilines is 1. The van der Waals surface area contributed by atoms with Crippen LogP contribution in [0.1, 0.15) is 81.6 Å². The van der Waals surface area contributed by atoms with Crippen LogP contribution >= 0.6 is 0 Å². The van der Waals surface area contributed by atoms with Crippen molar-refractivity contribution in [1.29, 1.82) is 0 Å². The summed E-state index contributed by atoms with van der Waals surface area (Å²) in [6.07, 6.45) is 0.892. The highest BCUT2D eigenvalue weighted by Gasteiger charge is 2.36. The van der Waals surface area contributed by atoms with E-state index in [1.165, 1.54) is 0 Å². The maximum absolute atomic E-state index is 12.7. The first-order chi connectivity index (χ1) is 18.8. The number of rotatable bonds is 8. The maximum Gasteiger partial charge on any atom is 0.337 e.